The van der Waals surface area contributed by atoms with Crippen molar-refractivity contribution in [3.63, 3.8) is 0 Å². The van der Waals surface area contributed by atoms with Crippen molar-refractivity contribution in [1.29, 1.82) is 0 Å². The highest BCUT2D eigenvalue weighted by atomic mass is 35.5. The molecule has 8 heteroatoms. The number of hydrogen-bond donors (Lipinski definition) is 2. The summed E-state index contributed by atoms with van der Waals surface area (Å²) in [6, 6.07) is 0. The SMILES string of the molecule is OC1(CNc2nc(Cl)nc(N3CCOCC3)n2)CCCC1. The van der Waals surface area contributed by atoms with E-state index in [2.05, 4.69) is 20.3 Å². The minimum Gasteiger partial charge on any atom is -0.388 e. The van der Waals surface area contributed by atoms with Gasteiger partial charge in [-0.15, -0.1) is 0 Å². The van der Waals surface area contributed by atoms with E-state index in [1.165, 1.54) is 0 Å². The number of hydrogen-bond acceptors (Lipinski definition) is 7. The molecule has 0 radical (unpaired) electrons. The molecule has 0 bridgehead atoms. The maximum absolute atomic E-state index is 10.3. The highest BCUT2D eigenvalue weighted by Crippen LogP contribution is 2.29. The second-order valence-electron chi connectivity index (χ2n) is 5.61. The molecule has 1 aliphatic carbocycles. The molecular weight excluding hydrogens is 294 g/mol. The Kier molecular flexibility index (Phi) is 4.42. The number of halogens is 1. The van der Waals surface area contributed by atoms with Crippen LogP contribution in [0.5, 0.6) is 0 Å². The zero-order valence-corrected chi connectivity index (χ0v) is 12.6. The van der Waals surface area contributed by atoms with Gasteiger partial charge >= 0.3 is 0 Å². The van der Waals surface area contributed by atoms with E-state index in [-0.39, 0.29) is 5.28 Å². The van der Waals surface area contributed by atoms with E-state index in [1.54, 1.807) is 0 Å². The van der Waals surface area contributed by atoms with Crippen LogP contribution in [0.15, 0.2) is 0 Å². The minimum absolute atomic E-state index is 0.160. The Morgan fingerprint density at radius 3 is 2.62 bits per heavy atom. The molecule has 2 fully saturated rings. The Morgan fingerprint density at radius 2 is 1.90 bits per heavy atom. The molecule has 3 rings (SSSR count). The average molecular weight is 314 g/mol. The van der Waals surface area contributed by atoms with Gasteiger partial charge in [0.05, 0.1) is 18.8 Å². The lowest BCUT2D eigenvalue weighted by molar-refractivity contribution is 0.0613. The zero-order chi connectivity index (χ0) is 14.7. The third-order valence-electron chi connectivity index (χ3n) is 4.00. The number of anilines is 2. The number of ether oxygens (including phenoxy) is 1. The summed E-state index contributed by atoms with van der Waals surface area (Å²) in [6.45, 7) is 3.24. The molecule has 0 amide bonds. The Balaban J connectivity index is 1.68. The van der Waals surface area contributed by atoms with Gasteiger partial charge in [-0.2, -0.15) is 15.0 Å². The summed E-state index contributed by atoms with van der Waals surface area (Å²) in [6.07, 6.45) is 3.76. The first-order valence-electron chi connectivity index (χ1n) is 7.35. The molecule has 0 spiro atoms. The van der Waals surface area contributed by atoms with E-state index in [0.29, 0.717) is 31.7 Å². The number of rotatable bonds is 4. The fraction of sp³-hybridized carbons (Fsp3) is 0.769. The van der Waals surface area contributed by atoms with Crippen molar-refractivity contribution in [3.05, 3.63) is 5.28 Å². The highest BCUT2D eigenvalue weighted by molar-refractivity contribution is 6.28. The van der Waals surface area contributed by atoms with Crippen molar-refractivity contribution >= 4 is 23.5 Å². The van der Waals surface area contributed by atoms with E-state index in [1.807, 2.05) is 4.90 Å². The van der Waals surface area contributed by atoms with Crippen LogP contribution in [0.4, 0.5) is 11.9 Å². The van der Waals surface area contributed by atoms with Gasteiger partial charge in [0.1, 0.15) is 0 Å². The summed E-state index contributed by atoms with van der Waals surface area (Å²) in [5.41, 5.74) is -0.655. The van der Waals surface area contributed by atoms with Crippen LogP contribution in [0.2, 0.25) is 5.28 Å². The predicted octanol–water partition coefficient (Wildman–Crippen LogP) is 1.08. The number of aliphatic hydroxyl groups is 1. The Morgan fingerprint density at radius 1 is 1.19 bits per heavy atom. The molecular formula is C13H20ClN5O2. The molecule has 21 heavy (non-hydrogen) atoms. The Labute approximate surface area is 128 Å². The molecule has 0 unspecified atom stereocenters. The van der Waals surface area contributed by atoms with E-state index in [9.17, 15) is 5.11 Å². The van der Waals surface area contributed by atoms with Gasteiger partial charge in [0.2, 0.25) is 17.2 Å². The lowest BCUT2D eigenvalue weighted by Crippen LogP contribution is -2.38. The first kappa shape index (κ1) is 14.7. The maximum Gasteiger partial charge on any atom is 0.231 e. The Hall–Kier alpha value is -1.18. The molecule has 1 aliphatic heterocycles. The van der Waals surface area contributed by atoms with E-state index >= 15 is 0 Å². The van der Waals surface area contributed by atoms with Crippen molar-refractivity contribution in [1.82, 2.24) is 15.0 Å². The van der Waals surface area contributed by atoms with Crippen molar-refractivity contribution in [2.24, 2.45) is 0 Å². The van der Waals surface area contributed by atoms with Crippen LogP contribution >= 0.6 is 11.6 Å². The topological polar surface area (TPSA) is 83.4 Å². The molecule has 116 valence electrons. The molecule has 0 atom stereocenters. The van der Waals surface area contributed by atoms with Gasteiger partial charge in [-0.05, 0) is 24.4 Å². The van der Waals surface area contributed by atoms with Gasteiger partial charge in [-0.1, -0.05) is 12.8 Å². The van der Waals surface area contributed by atoms with Crippen molar-refractivity contribution in [2.75, 3.05) is 43.1 Å². The standard InChI is InChI=1S/C13H20ClN5O2/c14-10-16-11(15-9-13(20)3-1-2-4-13)18-12(17-10)19-5-7-21-8-6-19/h20H,1-9H2,(H,15,16,17,18). The minimum atomic E-state index is -0.655. The molecule has 2 N–H and O–H groups in total. The molecule has 0 aromatic carbocycles. The molecule has 1 saturated carbocycles. The average Bonchev–Trinajstić information content (AvgIpc) is 2.93. The Bertz CT molecular complexity index is 489. The summed E-state index contributed by atoms with van der Waals surface area (Å²) >= 11 is 5.98. The second kappa shape index (κ2) is 6.29. The predicted molar refractivity (Wildman–Crippen MR) is 79.8 cm³/mol. The van der Waals surface area contributed by atoms with E-state index in [0.717, 1.165) is 38.8 Å². The zero-order valence-electron chi connectivity index (χ0n) is 11.9. The van der Waals surface area contributed by atoms with Crippen LogP contribution in [0.1, 0.15) is 25.7 Å². The fourth-order valence-corrected chi connectivity index (χ4v) is 2.93. The number of nitrogens with one attached hydrogen (secondary N) is 1. The van der Waals surface area contributed by atoms with E-state index < -0.39 is 5.60 Å². The van der Waals surface area contributed by atoms with Gasteiger partial charge in [0.15, 0.2) is 0 Å². The van der Waals surface area contributed by atoms with Crippen LogP contribution in [0.3, 0.4) is 0 Å². The highest BCUT2D eigenvalue weighted by Gasteiger charge is 2.31. The number of nitrogens with zero attached hydrogens (tertiary/aromatic N) is 4. The monoisotopic (exact) mass is 313 g/mol. The molecule has 2 aliphatic rings. The third kappa shape index (κ3) is 3.72. The van der Waals surface area contributed by atoms with Crippen LogP contribution in [0, 0.1) is 0 Å². The summed E-state index contributed by atoms with van der Waals surface area (Å²) in [5.74, 6) is 0.969. The smallest absolute Gasteiger partial charge is 0.231 e. The summed E-state index contributed by atoms with van der Waals surface area (Å²) < 4.78 is 5.32. The molecule has 7 nitrogen and oxygen atoms in total. The van der Waals surface area contributed by atoms with Crippen LogP contribution < -0.4 is 10.2 Å². The fourth-order valence-electron chi connectivity index (χ4n) is 2.78. The number of aromatic nitrogens is 3. The van der Waals surface area contributed by atoms with Gasteiger partial charge in [-0.3, -0.25) is 0 Å². The molecule has 1 aromatic heterocycles. The van der Waals surface area contributed by atoms with Gasteiger partial charge in [0.25, 0.3) is 0 Å². The van der Waals surface area contributed by atoms with Gasteiger partial charge in [-0.25, -0.2) is 0 Å². The third-order valence-corrected chi connectivity index (χ3v) is 4.17. The maximum atomic E-state index is 10.3. The normalized spacial score (nSPS) is 21.5. The van der Waals surface area contributed by atoms with Crippen LogP contribution in [-0.2, 0) is 4.74 Å². The molecule has 1 saturated heterocycles. The second-order valence-corrected chi connectivity index (χ2v) is 5.95. The van der Waals surface area contributed by atoms with Crippen LogP contribution in [0.25, 0.3) is 0 Å². The van der Waals surface area contributed by atoms with Crippen molar-refractivity contribution in [2.45, 2.75) is 31.3 Å². The quantitative estimate of drug-likeness (QED) is 0.860. The van der Waals surface area contributed by atoms with Crippen molar-refractivity contribution < 1.29 is 9.84 Å². The number of morpholine rings is 1. The summed E-state index contributed by atoms with van der Waals surface area (Å²) in [7, 11) is 0. The van der Waals surface area contributed by atoms with Crippen molar-refractivity contribution in [3.8, 4) is 0 Å². The molecule has 2 heterocycles. The van der Waals surface area contributed by atoms with Gasteiger partial charge < -0.3 is 20.1 Å². The first-order valence-corrected chi connectivity index (χ1v) is 7.73. The largest absolute Gasteiger partial charge is 0.388 e. The lowest BCUT2D eigenvalue weighted by atomic mass is 10.0. The van der Waals surface area contributed by atoms with Crippen LogP contribution in [-0.4, -0.2) is 58.5 Å². The summed E-state index contributed by atoms with van der Waals surface area (Å²) in [5, 5.41) is 13.6. The summed E-state index contributed by atoms with van der Waals surface area (Å²) in [4.78, 5) is 14.7. The van der Waals surface area contributed by atoms with E-state index in [4.69, 9.17) is 16.3 Å². The first-order chi connectivity index (χ1) is 10.1. The molecule has 1 aromatic rings. The van der Waals surface area contributed by atoms with Gasteiger partial charge in [0, 0.05) is 19.6 Å². The lowest BCUT2D eigenvalue weighted by Gasteiger charge is -2.27.